The molecule has 0 radical (unpaired) electrons. The van der Waals surface area contributed by atoms with Crippen LogP contribution in [-0.2, 0) is 5.75 Å². The van der Waals surface area contributed by atoms with Crippen molar-refractivity contribution in [1.29, 1.82) is 0 Å². The normalized spacial score (nSPS) is 11.1. The summed E-state index contributed by atoms with van der Waals surface area (Å²) in [7, 11) is 0. The molecule has 0 bridgehead atoms. The number of anilines is 2. The Labute approximate surface area is 174 Å². The van der Waals surface area contributed by atoms with E-state index in [1.807, 2.05) is 36.4 Å². The van der Waals surface area contributed by atoms with Crippen LogP contribution >= 0.6 is 23.4 Å². The zero-order valence-electron chi connectivity index (χ0n) is 15.9. The van der Waals surface area contributed by atoms with Crippen LogP contribution in [0.3, 0.4) is 0 Å². The Morgan fingerprint density at radius 2 is 1.89 bits per heavy atom. The van der Waals surface area contributed by atoms with Crippen molar-refractivity contribution in [2.75, 3.05) is 23.4 Å². The van der Waals surface area contributed by atoms with E-state index >= 15 is 0 Å². The number of hydrazone groups is 1. The molecule has 1 aromatic heterocycles. The van der Waals surface area contributed by atoms with Crippen LogP contribution in [0.4, 0.5) is 11.6 Å². The number of benzene rings is 2. The first-order chi connectivity index (χ1) is 13.7. The number of rotatable bonds is 9. The molecule has 0 aliphatic carbocycles. The molecule has 6 nitrogen and oxygen atoms in total. The Hall–Kier alpha value is -2.51. The molecule has 0 amide bonds. The summed E-state index contributed by atoms with van der Waals surface area (Å²) in [4.78, 5) is 6.67. The lowest BCUT2D eigenvalue weighted by molar-refractivity contribution is 0.866. The maximum Gasteiger partial charge on any atom is 0.240 e. The van der Waals surface area contributed by atoms with Crippen LogP contribution < -0.4 is 10.3 Å². The van der Waals surface area contributed by atoms with Gasteiger partial charge in [0, 0.05) is 29.6 Å². The van der Waals surface area contributed by atoms with Crippen LogP contribution in [0, 0.1) is 0 Å². The van der Waals surface area contributed by atoms with Crippen LogP contribution in [0.15, 0.2) is 58.8 Å². The quantitative estimate of drug-likeness (QED) is 0.291. The van der Waals surface area contributed by atoms with E-state index in [-0.39, 0.29) is 0 Å². The zero-order valence-corrected chi connectivity index (χ0v) is 17.5. The number of nitrogens with zero attached hydrogens (tertiary/aromatic N) is 4. The van der Waals surface area contributed by atoms with Gasteiger partial charge in [0.25, 0.3) is 0 Å². The summed E-state index contributed by atoms with van der Waals surface area (Å²) in [5, 5.41) is 12.6. The molecule has 8 heteroatoms. The highest BCUT2D eigenvalue weighted by atomic mass is 35.5. The molecule has 0 unspecified atom stereocenters. The minimum Gasteiger partial charge on any atom is -0.372 e. The third-order valence-corrected chi connectivity index (χ3v) is 5.45. The second kappa shape index (κ2) is 10.1. The van der Waals surface area contributed by atoms with Gasteiger partial charge < -0.3 is 4.90 Å². The highest BCUT2D eigenvalue weighted by Crippen LogP contribution is 2.24. The van der Waals surface area contributed by atoms with Gasteiger partial charge in [0.05, 0.1) is 6.21 Å². The van der Waals surface area contributed by atoms with E-state index in [9.17, 15) is 0 Å². The molecule has 2 aromatic carbocycles. The van der Waals surface area contributed by atoms with Gasteiger partial charge in [0.1, 0.15) is 0 Å². The largest absolute Gasteiger partial charge is 0.372 e. The lowest BCUT2D eigenvalue weighted by Gasteiger charge is -2.20. The van der Waals surface area contributed by atoms with Crippen molar-refractivity contribution >= 4 is 41.2 Å². The lowest BCUT2D eigenvalue weighted by Crippen LogP contribution is -2.21. The Morgan fingerprint density at radius 1 is 1.14 bits per heavy atom. The lowest BCUT2D eigenvalue weighted by atomic mass is 10.2. The monoisotopic (exact) mass is 414 g/mol. The molecule has 0 saturated heterocycles. The molecule has 1 heterocycles. The summed E-state index contributed by atoms with van der Waals surface area (Å²) in [6.45, 7) is 6.30. The van der Waals surface area contributed by atoms with E-state index in [0.29, 0.717) is 16.9 Å². The fourth-order valence-corrected chi connectivity index (χ4v) is 3.73. The van der Waals surface area contributed by atoms with Gasteiger partial charge in [-0.05, 0) is 43.2 Å². The van der Waals surface area contributed by atoms with Crippen LogP contribution in [0.5, 0.6) is 0 Å². The Morgan fingerprint density at radius 3 is 2.61 bits per heavy atom. The van der Waals surface area contributed by atoms with Gasteiger partial charge in [-0.25, -0.2) is 10.5 Å². The Bertz CT molecular complexity index is 905. The molecular formula is C20H23ClN6S. The average molecular weight is 415 g/mol. The zero-order chi connectivity index (χ0) is 19.8. The molecule has 3 aromatic rings. The minimum atomic E-state index is 0.498. The van der Waals surface area contributed by atoms with E-state index in [2.05, 4.69) is 56.6 Å². The fraction of sp³-hybridized carbons (Fsp3) is 0.250. The van der Waals surface area contributed by atoms with E-state index in [0.717, 1.165) is 29.2 Å². The van der Waals surface area contributed by atoms with Crippen LogP contribution in [-0.4, -0.2) is 34.5 Å². The van der Waals surface area contributed by atoms with Crippen molar-refractivity contribution in [3.63, 3.8) is 0 Å². The van der Waals surface area contributed by atoms with Crippen molar-refractivity contribution < 1.29 is 0 Å². The first-order valence-corrected chi connectivity index (χ1v) is 10.5. The van der Waals surface area contributed by atoms with Gasteiger partial charge >= 0.3 is 0 Å². The summed E-state index contributed by atoms with van der Waals surface area (Å²) < 4.78 is 0. The number of halogens is 1. The molecule has 0 aliphatic heterocycles. The third kappa shape index (κ3) is 5.50. The number of hydrogen-bond donors (Lipinski definition) is 2. The summed E-state index contributed by atoms with van der Waals surface area (Å²) >= 11 is 7.68. The predicted octanol–water partition coefficient (Wildman–Crippen LogP) is 5.04. The van der Waals surface area contributed by atoms with E-state index in [4.69, 9.17) is 11.6 Å². The first-order valence-electron chi connectivity index (χ1n) is 9.12. The highest BCUT2D eigenvalue weighted by Gasteiger charge is 2.06. The average Bonchev–Trinajstić information content (AvgIpc) is 3.17. The van der Waals surface area contributed by atoms with Crippen molar-refractivity contribution in [3.05, 3.63) is 64.7 Å². The van der Waals surface area contributed by atoms with E-state index in [1.165, 1.54) is 17.4 Å². The molecule has 0 fully saturated rings. The number of thioether (sulfide) groups is 1. The molecule has 3 rings (SSSR count). The third-order valence-electron chi connectivity index (χ3n) is 4.19. The van der Waals surface area contributed by atoms with Crippen LogP contribution in [0.1, 0.15) is 25.0 Å². The SMILES string of the molecule is CCN(CC)c1ccc(/C=N\Nc2nc(SCc3ccccc3Cl)n[nH]2)cc1. The standard InChI is InChI=1S/C20H23ClN6S/c1-3-27(4-2)17-11-9-15(10-12-17)13-22-24-19-23-20(26-25-19)28-14-16-7-5-6-8-18(16)21/h5-13H,3-4,14H2,1-2H3,(H2,23,24,25,26)/b22-13-. The number of aromatic nitrogens is 3. The van der Waals surface area contributed by atoms with Gasteiger partial charge in [-0.2, -0.15) is 10.1 Å². The number of hydrogen-bond acceptors (Lipinski definition) is 6. The molecule has 2 N–H and O–H groups in total. The molecule has 0 spiro atoms. The highest BCUT2D eigenvalue weighted by molar-refractivity contribution is 7.98. The van der Waals surface area contributed by atoms with E-state index < -0.39 is 0 Å². The van der Waals surface area contributed by atoms with Gasteiger partial charge in [-0.15, -0.1) is 5.10 Å². The maximum atomic E-state index is 6.17. The molecule has 0 saturated carbocycles. The van der Waals surface area contributed by atoms with Gasteiger partial charge in [-0.1, -0.05) is 53.7 Å². The van der Waals surface area contributed by atoms with E-state index in [1.54, 1.807) is 6.21 Å². The fourth-order valence-electron chi connectivity index (χ4n) is 2.65. The number of nitrogens with one attached hydrogen (secondary N) is 2. The van der Waals surface area contributed by atoms with Crippen LogP contribution in [0.2, 0.25) is 5.02 Å². The maximum absolute atomic E-state index is 6.17. The summed E-state index contributed by atoms with van der Waals surface area (Å²) in [5.41, 5.74) is 6.15. The molecule has 146 valence electrons. The molecule has 28 heavy (non-hydrogen) atoms. The van der Waals surface area contributed by atoms with Crippen molar-refractivity contribution in [3.8, 4) is 0 Å². The topological polar surface area (TPSA) is 69.2 Å². The first kappa shape index (κ1) is 20.2. The molecule has 0 atom stereocenters. The molecule has 0 aliphatic rings. The van der Waals surface area contributed by atoms with Gasteiger partial charge in [0.15, 0.2) is 0 Å². The van der Waals surface area contributed by atoms with Gasteiger partial charge in [-0.3, -0.25) is 0 Å². The Balaban J connectivity index is 1.52. The second-order valence-electron chi connectivity index (χ2n) is 5.98. The number of H-pyrrole nitrogens is 1. The summed E-state index contributed by atoms with van der Waals surface area (Å²) in [5.74, 6) is 1.21. The number of aromatic amines is 1. The smallest absolute Gasteiger partial charge is 0.240 e. The van der Waals surface area contributed by atoms with Crippen molar-refractivity contribution in [2.45, 2.75) is 24.8 Å². The van der Waals surface area contributed by atoms with Crippen molar-refractivity contribution in [2.24, 2.45) is 5.10 Å². The van der Waals surface area contributed by atoms with Crippen molar-refractivity contribution in [1.82, 2.24) is 15.2 Å². The van der Waals surface area contributed by atoms with Crippen LogP contribution in [0.25, 0.3) is 0 Å². The van der Waals surface area contributed by atoms with Gasteiger partial charge in [0.2, 0.25) is 11.1 Å². The Kier molecular flexibility index (Phi) is 7.33. The summed E-state index contributed by atoms with van der Waals surface area (Å²) in [6.07, 6.45) is 1.76. The summed E-state index contributed by atoms with van der Waals surface area (Å²) in [6, 6.07) is 16.1. The second-order valence-corrected chi connectivity index (χ2v) is 7.33. The minimum absolute atomic E-state index is 0.498. The predicted molar refractivity (Wildman–Crippen MR) is 119 cm³/mol. The molecular weight excluding hydrogens is 392 g/mol.